The Morgan fingerprint density at radius 2 is 2.67 bits per heavy atom. The molecule has 0 fully saturated rings. The highest BCUT2D eigenvalue weighted by molar-refractivity contribution is 6.29. The van der Waals surface area contributed by atoms with Gasteiger partial charge in [0.15, 0.2) is 5.71 Å². The summed E-state index contributed by atoms with van der Waals surface area (Å²) in [5.41, 5.74) is 4.91. The van der Waals surface area contributed by atoms with Crippen LogP contribution in [-0.4, -0.2) is 36.4 Å². The minimum atomic E-state index is 0.660. The van der Waals surface area contributed by atoms with Crippen molar-refractivity contribution in [2.45, 2.75) is 0 Å². The molecule has 0 atom stereocenters. The second-order valence-electron chi connectivity index (χ2n) is 2.00. The summed E-state index contributed by atoms with van der Waals surface area (Å²) < 4.78 is 7.02. The molecule has 47 valence electrons. The molecule has 4 nitrogen and oxygen atoms in total. The van der Waals surface area contributed by atoms with Crippen LogP contribution >= 0.6 is 0 Å². The molecule has 2 rings (SSSR count). The van der Waals surface area contributed by atoms with Crippen LogP contribution in [-0.2, 0) is 4.74 Å². The minimum Gasteiger partial charge on any atom is -0.369 e. The van der Waals surface area contributed by atoms with E-state index < -0.39 is 0 Å². The molecule has 4 heteroatoms. The van der Waals surface area contributed by atoms with Crippen LogP contribution in [0.3, 0.4) is 0 Å². The third kappa shape index (κ3) is 0.712. The molecule has 0 aromatic heterocycles. The van der Waals surface area contributed by atoms with Crippen molar-refractivity contribution in [3.8, 4) is 0 Å². The quantitative estimate of drug-likeness (QED) is 0.382. The predicted octanol–water partition coefficient (Wildman–Crippen LogP) is -1.01. The number of hydrogen-bond donors (Lipinski definition) is 0. The van der Waals surface area contributed by atoms with E-state index in [4.69, 9.17) is 4.74 Å². The van der Waals surface area contributed by atoms with E-state index in [1.807, 2.05) is 4.68 Å². The minimum absolute atomic E-state index is 0.660. The Morgan fingerprint density at radius 3 is 3.56 bits per heavy atom. The molecule has 0 saturated heterocycles. The van der Waals surface area contributed by atoms with E-state index in [0.29, 0.717) is 6.61 Å². The summed E-state index contributed by atoms with van der Waals surface area (Å²) in [7, 11) is 0. The van der Waals surface area contributed by atoms with Crippen LogP contribution in [0, 0.1) is 0 Å². The summed E-state index contributed by atoms with van der Waals surface area (Å²) >= 11 is 0. The lowest BCUT2D eigenvalue weighted by Crippen LogP contribution is -2.33. The standard InChI is InChI=1S/C5H7N3O/c1-2-9-4-5-3-6-7-8(1)5/h3H,1-2,4H2/q+1. The van der Waals surface area contributed by atoms with Gasteiger partial charge in [0.1, 0.15) is 18.7 Å². The molecule has 9 heavy (non-hydrogen) atoms. The number of ether oxygens (including phenoxy) is 1. The van der Waals surface area contributed by atoms with Crippen LogP contribution in [0.1, 0.15) is 0 Å². The maximum Gasteiger partial charge on any atom is 0.214 e. The van der Waals surface area contributed by atoms with E-state index in [-0.39, 0.29) is 0 Å². The highest BCUT2D eigenvalue weighted by Gasteiger charge is 2.23. The van der Waals surface area contributed by atoms with Gasteiger partial charge in [-0.15, -0.1) is 4.68 Å². The molecule has 1 radical (unpaired) electrons. The second kappa shape index (κ2) is 1.80. The van der Waals surface area contributed by atoms with Crippen molar-refractivity contribution < 1.29 is 9.42 Å². The van der Waals surface area contributed by atoms with Crippen molar-refractivity contribution in [1.82, 2.24) is 5.53 Å². The largest absolute Gasteiger partial charge is 0.369 e. The normalized spacial score (nSPS) is 24.0. The SMILES string of the molecule is C1=N[N][N+]2=C1COCC2. The first kappa shape index (κ1) is 4.93. The Morgan fingerprint density at radius 1 is 1.67 bits per heavy atom. The average molecular weight is 125 g/mol. The van der Waals surface area contributed by atoms with Crippen molar-refractivity contribution >= 4 is 11.9 Å². The van der Waals surface area contributed by atoms with Gasteiger partial charge in [-0.05, 0) is 0 Å². The van der Waals surface area contributed by atoms with Crippen molar-refractivity contribution in [3.05, 3.63) is 0 Å². The van der Waals surface area contributed by atoms with Gasteiger partial charge in [-0.2, -0.15) is 0 Å². The molecule has 0 unspecified atom stereocenters. The molecular weight excluding hydrogens is 118 g/mol. The molecule has 0 amide bonds. The van der Waals surface area contributed by atoms with Crippen molar-refractivity contribution in [3.63, 3.8) is 0 Å². The van der Waals surface area contributed by atoms with E-state index in [9.17, 15) is 0 Å². The van der Waals surface area contributed by atoms with Crippen LogP contribution in [0.15, 0.2) is 5.10 Å². The maximum atomic E-state index is 5.15. The molecule has 2 aliphatic rings. The van der Waals surface area contributed by atoms with Crippen molar-refractivity contribution in [2.75, 3.05) is 19.8 Å². The predicted molar refractivity (Wildman–Crippen MR) is 31.6 cm³/mol. The van der Waals surface area contributed by atoms with Gasteiger partial charge in [0.2, 0.25) is 6.21 Å². The summed E-state index contributed by atoms with van der Waals surface area (Å²) in [5.74, 6) is 0. The maximum absolute atomic E-state index is 5.15. The summed E-state index contributed by atoms with van der Waals surface area (Å²) in [4.78, 5) is 0. The first-order chi connectivity index (χ1) is 4.47. The van der Waals surface area contributed by atoms with Crippen molar-refractivity contribution in [1.29, 1.82) is 0 Å². The van der Waals surface area contributed by atoms with Gasteiger partial charge in [0, 0.05) is 0 Å². The lowest BCUT2D eigenvalue weighted by Gasteiger charge is -2.06. The van der Waals surface area contributed by atoms with E-state index in [2.05, 4.69) is 10.6 Å². The fraction of sp³-hybridized carbons (Fsp3) is 0.600. The Labute approximate surface area is 52.8 Å². The van der Waals surface area contributed by atoms with Gasteiger partial charge in [-0.1, -0.05) is 0 Å². The lowest BCUT2D eigenvalue weighted by molar-refractivity contribution is -0.596. The number of rotatable bonds is 0. The summed E-state index contributed by atoms with van der Waals surface area (Å²) in [6.45, 7) is 2.26. The van der Waals surface area contributed by atoms with Gasteiger partial charge < -0.3 is 4.74 Å². The topological polar surface area (TPSA) is 38.7 Å². The highest BCUT2D eigenvalue weighted by atomic mass is 16.5. The highest BCUT2D eigenvalue weighted by Crippen LogP contribution is 1.93. The zero-order valence-corrected chi connectivity index (χ0v) is 4.95. The number of nitrogens with zero attached hydrogens (tertiary/aromatic N) is 3. The Balaban J connectivity index is 2.24. The van der Waals surface area contributed by atoms with Gasteiger partial charge in [0.25, 0.3) is 0 Å². The molecule has 0 aromatic carbocycles. The van der Waals surface area contributed by atoms with Crippen LogP contribution in [0.5, 0.6) is 0 Å². The third-order valence-electron chi connectivity index (χ3n) is 1.40. The molecule has 2 aliphatic heterocycles. The molecule has 2 heterocycles. The molecule has 0 spiro atoms. The van der Waals surface area contributed by atoms with Crippen LogP contribution in [0.25, 0.3) is 0 Å². The summed E-state index contributed by atoms with van der Waals surface area (Å²) in [6, 6.07) is 0. The van der Waals surface area contributed by atoms with E-state index in [0.717, 1.165) is 18.9 Å². The van der Waals surface area contributed by atoms with E-state index in [1.165, 1.54) is 0 Å². The van der Waals surface area contributed by atoms with Crippen LogP contribution < -0.4 is 5.53 Å². The zero-order chi connectivity index (χ0) is 6.10. The van der Waals surface area contributed by atoms with Gasteiger partial charge in [-0.3, -0.25) is 0 Å². The molecule has 0 saturated carbocycles. The Kier molecular flexibility index (Phi) is 0.989. The zero-order valence-electron chi connectivity index (χ0n) is 4.95. The second-order valence-corrected chi connectivity index (χ2v) is 2.00. The molecule has 0 N–H and O–H groups in total. The van der Waals surface area contributed by atoms with Gasteiger partial charge in [-0.25, -0.2) is 0 Å². The fourth-order valence-corrected chi connectivity index (χ4v) is 0.907. The Hall–Kier alpha value is -0.900. The number of hydrogen-bond acceptors (Lipinski definition) is 2. The lowest BCUT2D eigenvalue weighted by atomic mass is 10.4. The molecule has 0 aromatic rings. The average Bonchev–Trinajstić information content (AvgIpc) is 2.33. The summed E-state index contributed by atoms with van der Waals surface area (Å²) in [6.07, 6.45) is 1.74. The van der Waals surface area contributed by atoms with Gasteiger partial charge in [0.05, 0.1) is 11.7 Å². The first-order valence-electron chi connectivity index (χ1n) is 2.92. The third-order valence-corrected chi connectivity index (χ3v) is 1.40. The molecule has 0 aliphatic carbocycles. The van der Waals surface area contributed by atoms with E-state index >= 15 is 0 Å². The fourth-order valence-electron chi connectivity index (χ4n) is 0.907. The van der Waals surface area contributed by atoms with Crippen molar-refractivity contribution in [2.24, 2.45) is 5.10 Å². The van der Waals surface area contributed by atoms with E-state index in [1.54, 1.807) is 6.21 Å². The molecular formula is C5H7N3O+. The van der Waals surface area contributed by atoms with Gasteiger partial charge >= 0.3 is 0 Å². The summed E-state index contributed by atoms with van der Waals surface area (Å²) in [5, 5.41) is 3.74. The smallest absolute Gasteiger partial charge is 0.214 e. The molecule has 0 bridgehead atoms. The monoisotopic (exact) mass is 125 g/mol. The van der Waals surface area contributed by atoms with Crippen LogP contribution in [0.4, 0.5) is 0 Å². The first-order valence-corrected chi connectivity index (χ1v) is 2.92. The van der Waals surface area contributed by atoms with Crippen LogP contribution in [0.2, 0.25) is 0 Å². The Bertz CT molecular complexity index is 185.